The first-order valence-electron chi connectivity index (χ1n) is 7.57. The molecular weight excluding hydrogens is 322 g/mol. The van der Waals surface area contributed by atoms with E-state index in [1.165, 1.54) is 7.11 Å². The maximum Gasteiger partial charge on any atom is 0.313 e. The summed E-state index contributed by atoms with van der Waals surface area (Å²) in [4.78, 5) is 35.4. The monoisotopic (exact) mass is 341 g/mol. The molecule has 7 heteroatoms. The number of hydrogen-bond donors (Lipinski definition) is 3. The Morgan fingerprint density at radius 3 is 2.28 bits per heavy atom. The molecule has 0 bridgehead atoms. The summed E-state index contributed by atoms with van der Waals surface area (Å²) in [6.45, 7) is 1.55. The van der Waals surface area contributed by atoms with Crippen molar-refractivity contribution in [1.29, 1.82) is 0 Å². The molecule has 0 unspecified atom stereocenters. The summed E-state index contributed by atoms with van der Waals surface area (Å²) >= 11 is 0. The third kappa shape index (κ3) is 5.65. The number of ether oxygens (including phenoxy) is 1. The van der Waals surface area contributed by atoms with Gasteiger partial charge in [-0.15, -0.1) is 0 Å². The van der Waals surface area contributed by atoms with Gasteiger partial charge in [0.1, 0.15) is 5.75 Å². The Bertz CT molecular complexity index is 789. The fraction of sp³-hybridized carbons (Fsp3) is 0.167. The Morgan fingerprint density at radius 1 is 0.920 bits per heavy atom. The zero-order valence-electron chi connectivity index (χ0n) is 14.0. The van der Waals surface area contributed by atoms with Gasteiger partial charge in [-0.25, -0.2) is 0 Å². The molecule has 25 heavy (non-hydrogen) atoms. The van der Waals surface area contributed by atoms with Crippen LogP contribution in [0.5, 0.6) is 5.75 Å². The summed E-state index contributed by atoms with van der Waals surface area (Å²) in [5, 5.41) is 7.35. The Kier molecular flexibility index (Phi) is 6.11. The van der Waals surface area contributed by atoms with Crippen molar-refractivity contribution in [2.75, 3.05) is 24.3 Å². The molecule has 2 rings (SSSR count). The number of hydrogen-bond acceptors (Lipinski definition) is 4. The quantitative estimate of drug-likeness (QED) is 0.721. The minimum absolute atomic E-state index is 0.322. The zero-order chi connectivity index (χ0) is 18.2. The second kappa shape index (κ2) is 8.49. The smallest absolute Gasteiger partial charge is 0.313 e. The molecule has 0 aliphatic rings. The Morgan fingerprint density at radius 2 is 1.60 bits per heavy atom. The van der Waals surface area contributed by atoms with Crippen LogP contribution in [0.4, 0.5) is 11.4 Å². The molecule has 0 aliphatic carbocycles. The van der Waals surface area contributed by atoms with Crippen LogP contribution < -0.4 is 20.7 Å². The topological polar surface area (TPSA) is 96.5 Å². The van der Waals surface area contributed by atoms with E-state index < -0.39 is 17.7 Å². The van der Waals surface area contributed by atoms with Crippen LogP contribution >= 0.6 is 0 Å². The van der Waals surface area contributed by atoms with Crippen LogP contribution in [0.1, 0.15) is 5.56 Å². The molecule has 130 valence electrons. The van der Waals surface area contributed by atoms with Gasteiger partial charge >= 0.3 is 11.8 Å². The summed E-state index contributed by atoms with van der Waals surface area (Å²) in [5.41, 5.74) is 2.00. The minimum Gasteiger partial charge on any atom is -0.497 e. The van der Waals surface area contributed by atoms with Crippen LogP contribution in [-0.4, -0.2) is 31.4 Å². The van der Waals surface area contributed by atoms with Gasteiger partial charge in [-0.3, -0.25) is 14.4 Å². The van der Waals surface area contributed by atoms with E-state index in [-0.39, 0.29) is 6.54 Å². The first-order chi connectivity index (χ1) is 12.0. The number of methoxy groups -OCH3 is 1. The van der Waals surface area contributed by atoms with E-state index in [1.54, 1.807) is 42.5 Å². The number of rotatable bonds is 5. The Labute approximate surface area is 145 Å². The molecule has 0 fully saturated rings. The van der Waals surface area contributed by atoms with E-state index in [4.69, 9.17) is 4.74 Å². The predicted molar refractivity (Wildman–Crippen MR) is 94.4 cm³/mol. The van der Waals surface area contributed by atoms with E-state index in [0.29, 0.717) is 17.1 Å². The van der Waals surface area contributed by atoms with Crippen LogP contribution in [0.25, 0.3) is 0 Å². The maximum atomic E-state index is 11.8. The van der Waals surface area contributed by atoms with Crippen LogP contribution in [0, 0.1) is 6.92 Å². The van der Waals surface area contributed by atoms with Crippen molar-refractivity contribution in [3.05, 3.63) is 54.1 Å². The van der Waals surface area contributed by atoms with Crippen LogP contribution in [0.3, 0.4) is 0 Å². The lowest BCUT2D eigenvalue weighted by atomic mass is 10.2. The normalized spacial score (nSPS) is 9.84. The highest BCUT2D eigenvalue weighted by atomic mass is 16.5. The molecule has 3 amide bonds. The minimum atomic E-state index is -0.887. The van der Waals surface area contributed by atoms with E-state index in [1.807, 2.05) is 13.0 Å². The summed E-state index contributed by atoms with van der Waals surface area (Å²) in [7, 11) is 1.52. The van der Waals surface area contributed by atoms with Gasteiger partial charge in [-0.05, 0) is 36.8 Å². The van der Waals surface area contributed by atoms with Crippen molar-refractivity contribution in [1.82, 2.24) is 5.32 Å². The first-order valence-corrected chi connectivity index (χ1v) is 7.57. The number of carbonyl (C=O) groups is 3. The van der Waals surface area contributed by atoms with Crippen LogP contribution in [-0.2, 0) is 14.4 Å². The molecular formula is C18H19N3O4. The molecule has 2 aromatic rings. The highest BCUT2D eigenvalue weighted by molar-refractivity contribution is 6.39. The van der Waals surface area contributed by atoms with Gasteiger partial charge in [-0.1, -0.05) is 18.2 Å². The summed E-state index contributed by atoms with van der Waals surface area (Å²) in [6.07, 6.45) is 0. The van der Waals surface area contributed by atoms with Gasteiger partial charge < -0.3 is 20.7 Å². The van der Waals surface area contributed by atoms with Crippen molar-refractivity contribution in [2.45, 2.75) is 6.92 Å². The van der Waals surface area contributed by atoms with E-state index >= 15 is 0 Å². The number of anilines is 2. The number of nitrogens with one attached hydrogen (secondary N) is 3. The Hall–Kier alpha value is -3.35. The van der Waals surface area contributed by atoms with E-state index in [0.717, 1.165) is 5.56 Å². The molecule has 0 aromatic heterocycles. The van der Waals surface area contributed by atoms with Crippen molar-refractivity contribution in [2.24, 2.45) is 0 Å². The van der Waals surface area contributed by atoms with E-state index in [2.05, 4.69) is 16.0 Å². The van der Waals surface area contributed by atoms with Gasteiger partial charge in [0.25, 0.3) is 0 Å². The van der Waals surface area contributed by atoms with Crippen molar-refractivity contribution >= 4 is 29.1 Å². The van der Waals surface area contributed by atoms with Crippen molar-refractivity contribution in [3.8, 4) is 5.75 Å². The van der Waals surface area contributed by atoms with Crippen LogP contribution in [0.2, 0.25) is 0 Å². The standard InChI is InChI=1S/C18H19N3O4/c1-12-5-3-6-13(9-12)21-18(24)17(23)19-11-16(22)20-14-7-4-8-15(10-14)25-2/h3-10H,11H2,1-2H3,(H,19,23)(H,20,22)(H,21,24). The van der Waals surface area contributed by atoms with E-state index in [9.17, 15) is 14.4 Å². The van der Waals surface area contributed by atoms with Gasteiger partial charge in [0.15, 0.2) is 0 Å². The fourth-order valence-corrected chi connectivity index (χ4v) is 2.06. The summed E-state index contributed by atoms with van der Waals surface area (Å²) < 4.78 is 5.06. The molecule has 0 spiro atoms. The van der Waals surface area contributed by atoms with Gasteiger partial charge in [-0.2, -0.15) is 0 Å². The lowest BCUT2D eigenvalue weighted by molar-refractivity contribution is -0.136. The highest BCUT2D eigenvalue weighted by Crippen LogP contribution is 2.16. The summed E-state index contributed by atoms with van der Waals surface area (Å²) in [5.74, 6) is -1.58. The SMILES string of the molecule is COc1cccc(NC(=O)CNC(=O)C(=O)Nc2cccc(C)c2)c1. The summed E-state index contributed by atoms with van der Waals surface area (Å²) in [6, 6.07) is 13.9. The second-order valence-corrected chi connectivity index (χ2v) is 5.29. The average Bonchev–Trinajstić information content (AvgIpc) is 2.59. The number of amides is 3. The number of benzene rings is 2. The number of carbonyl (C=O) groups excluding carboxylic acids is 3. The molecule has 0 atom stereocenters. The molecule has 0 radical (unpaired) electrons. The molecule has 0 aliphatic heterocycles. The molecule has 0 saturated carbocycles. The van der Waals surface area contributed by atoms with Gasteiger partial charge in [0, 0.05) is 17.4 Å². The second-order valence-electron chi connectivity index (χ2n) is 5.29. The van der Waals surface area contributed by atoms with Gasteiger partial charge in [0.05, 0.1) is 13.7 Å². The maximum absolute atomic E-state index is 11.8. The molecule has 7 nitrogen and oxygen atoms in total. The molecule has 0 saturated heterocycles. The fourth-order valence-electron chi connectivity index (χ4n) is 2.06. The third-order valence-electron chi connectivity index (χ3n) is 3.25. The van der Waals surface area contributed by atoms with Crippen molar-refractivity contribution < 1.29 is 19.1 Å². The first kappa shape index (κ1) is 18.0. The lowest BCUT2D eigenvalue weighted by Gasteiger charge is -2.09. The largest absolute Gasteiger partial charge is 0.497 e. The lowest BCUT2D eigenvalue weighted by Crippen LogP contribution is -2.39. The third-order valence-corrected chi connectivity index (χ3v) is 3.25. The Balaban J connectivity index is 1.82. The molecule has 3 N–H and O–H groups in total. The number of aryl methyl sites for hydroxylation is 1. The molecule has 2 aromatic carbocycles. The van der Waals surface area contributed by atoms with Gasteiger partial charge in [0.2, 0.25) is 5.91 Å². The predicted octanol–water partition coefficient (Wildman–Crippen LogP) is 1.70. The molecule has 0 heterocycles. The van der Waals surface area contributed by atoms with Crippen molar-refractivity contribution in [3.63, 3.8) is 0 Å². The zero-order valence-corrected chi connectivity index (χ0v) is 14.0. The average molecular weight is 341 g/mol. The highest BCUT2D eigenvalue weighted by Gasteiger charge is 2.15. The van der Waals surface area contributed by atoms with Crippen LogP contribution in [0.15, 0.2) is 48.5 Å².